The molecule has 1 aliphatic rings. The summed E-state index contributed by atoms with van der Waals surface area (Å²) in [5, 5.41) is 0. The summed E-state index contributed by atoms with van der Waals surface area (Å²) in [5.74, 6) is -0.00180. The molecule has 0 radical (unpaired) electrons. The summed E-state index contributed by atoms with van der Waals surface area (Å²) in [7, 11) is 0. The summed E-state index contributed by atoms with van der Waals surface area (Å²) in [6.07, 6.45) is 5.84. The summed E-state index contributed by atoms with van der Waals surface area (Å²) < 4.78 is 0. The van der Waals surface area contributed by atoms with Crippen LogP contribution in [0.1, 0.15) is 19.8 Å². The van der Waals surface area contributed by atoms with E-state index < -0.39 is 0 Å². The monoisotopic (exact) mass is 176 g/mol. The fourth-order valence-corrected chi connectivity index (χ4v) is 1.22. The van der Waals surface area contributed by atoms with E-state index in [9.17, 15) is 9.59 Å². The summed E-state index contributed by atoms with van der Waals surface area (Å²) in [6.45, 7) is 5.46. The Labute approximate surface area is 77.6 Å². The van der Waals surface area contributed by atoms with Crippen LogP contribution in [0, 0.1) is 0 Å². The molecule has 1 saturated carbocycles. The lowest BCUT2D eigenvalue weighted by Crippen LogP contribution is -2.18. The van der Waals surface area contributed by atoms with E-state index in [1.165, 1.54) is 0 Å². The number of rotatable bonds is 1. The molecular weight excluding hydrogens is 164 g/mol. The van der Waals surface area contributed by atoms with Crippen molar-refractivity contribution in [1.82, 2.24) is 0 Å². The van der Waals surface area contributed by atoms with E-state index in [2.05, 4.69) is 6.58 Å². The maximum atomic E-state index is 11.3. The number of hydrogen-bond donors (Lipinski definition) is 0. The van der Waals surface area contributed by atoms with Gasteiger partial charge in [0.25, 0.3) is 0 Å². The number of carbonyl (C=O) groups is 2. The lowest BCUT2D eigenvalue weighted by Gasteiger charge is -2.13. The molecule has 0 aromatic rings. The fraction of sp³-hybridized carbons (Fsp3) is 0.273. The summed E-state index contributed by atoms with van der Waals surface area (Å²) >= 11 is 0. The first-order valence-electron chi connectivity index (χ1n) is 4.25. The Morgan fingerprint density at radius 2 is 1.85 bits per heavy atom. The van der Waals surface area contributed by atoms with E-state index in [-0.39, 0.29) is 11.6 Å². The minimum atomic E-state index is -0.0182. The van der Waals surface area contributed by atoms with Crippen LogP contribution >= 0.6 is 0 Å². The third-order valence-corrected chi connectivity index (χ3v) is 2.00. The highest BCUT2D eigenvalue weighted by atomic mass is 16.1. The molecule has 1 fully saturated rings. The van der Waals surface area contributed by atoms with Gasteiger partial charge in [0, 0.05) is 24.0 Å². The van der Waals surface area contributed by atoms with Gasteiger partial charge in [-0.15, -0.1) is 0 Å². The quantitative estimate of drug-likeness (QED) is 0.572. The van der Waals surface area contributed by atoms with Gasteiger partial charge in [-0.2, -0.15) is 0 Å². The molecule has 0 unspecified atom stereocenters. The lowest BCUT2D eigenvalue weighted by molar-refractivity contribution is -0.122. The second-order valence-corrected chi connectivity index (χ2v) is 2.93. The molecule has 0 N–H and O–H groups in total. The normalized spacial score (nSPS) is 21.9. The standard InChI is InChI=1S/C11H12O2/c1-3-4-5-9-8(2)10(12)6-7-11(9)13/h3-5H,2,6-7H2,1H3/b4-3-,9-5+. The third-order valence-electron chi connectivity index (χ3n) is 2.00. The Morgan fingerprint density at radius 1 is 1.23 bits per heavy atom. The molecule has 0 amide bonds. The predicted molar refractivity (Wildman–Crippen MR) is 51.3 cm³/mol. The number of carbonyl (C=O) groups excluding carboxylic acids is 2. The molecule has 0 bridgehead atoms. The Hall–Kier alpha value is -1.44. The van der Waals surface area contributed by atoms with E-state index in [0.717, 1.165) is 0 Å². The SMILES string of the molecule is C=C1C(=O)CCC(=O)/C1=C/C=C\C. The van der Waals surface area contributed by atoms with Gasteiger partial charge in [-0.25, -0.2) is 0 Å². The van der Waals surface area contributed by atoms with Gasteiger partial charge in [0.2, 0.25) is 0 Å². The number of allylic oxidation sites excluding steroid dienone is 5. The zero-order chi connectivity index (χ0) is 9.84. The molecule has 0 aliphatic heterocycles. The molecule has 1 rings (SSSR count). The zero-order valence-electron chi connectivity index (χ0n) is 7.67. The van der Waals surface area contributed by atoms with Crippen molar-refractivity contribution in [2.75, 3.05) is 0 Å². The van der Waals surface area contributed by atoms with Gasteiger partial charge in [-0.1, -0.05) is 24.8 Å². The minimum absolute atomic E-state index is 0.0164. The van der Waals surface area contributed by atoms with E-state index in [0.29, 0.717) is 24.0 Å². The molecule has 2 heteroatoms. The molecule has 0 atom stereocenters. The van der Waals surface area contributed by atoms with Crippen molar-refractivity contribution in [2.24, 2.45) is 0 Å². The summed E-state index contributed by atoms with van der Waals surface area (Å²) in [6, 6.07) is 0. The smallest absolute Gasteiger partial charge is 0.164 e. The van der Waals surface area contributed by atoms with Gasteiger partial charge >= 0.3 is 0 Å². The van der Waals surface area contributed by atoms with Crippen LogP contribution in [0.15, 0.2) is 36.0 Å². The molecule has 2 nitrogen and oxygen atoms in total. The van der Waals surface area contributed by atoms with Crippen LogP contribution in [-0.2, 0) is 9.59 Å². The van der Waals surface area contributed by atoms with E-state index >= 15 is 0 Å². The third kappa shape index (κ3) is 2.02. The van der Waals surface area contributed by atoms with Gasteiger partial charge in [-0.05, 0) is 6.92 Å². The van der Waals surface area contributed by atoms with Gasteiger partial charge in [-0.3, -0.25) is 9.59 Å². The average molecular weight is 176 g/mol. The first-order chi connectivity index (χ1) is 6.16. The molecule has 68 valence electrons. The van der Waals surface area contributed by atoms with E-state index in [1.54, 1.807) is 12.2 Å². The van der Waals surface area contributed by atoms with Crippen LogP contribution in [0.25, 0.3) is 0 Å². The highest BCUT2D eigenvalue weighted by molar-refractivity contribution is 6.16. The average Bonchev–Trinajstić information content (AvgIpc) is 2.12. The highest BCUT2D eigenvalue weighted by Crippen LogP contribution is 2.21. The van der Waals surface area contributed by atoms with Crippen LogP contribution < -0.4 is 0 Å². The fourth-order valence-electron chi connectivity index (χ4n) is 1.22. The minimum Gasteiger partial charge on any atom is -0.294 e. The number of ketones is 2. The molecule has 0 saturated heterocycles. The van der Waals surface area contributed by atoms with Gasteiger partial charge < -0.3 is 0 Å². The highest BCUT2D eigenvalue weighted by Gasteiger charge is 2.24. The Balaban J connectivity index is 2.97. The molecule has 0 heterocycles. The van der Waals surface area contributed by atoms with Crippen LogP contribution in [0.5, 0.6) is 0 Å². The lowest BCUT2D eigenvalue weighted by atomic mass is 9.88. The second-order valence-electron chi connectivity index (χ2n) is 2.93. The van der Waals surface area contributed by atoms with Crippen LogP contribution in [0.3, 0.4) is 0 Å². The molecule has 1 aliphatic carbocycles. The van der Waals surface area contributed by atoms with Crippen molar-refractivity contribution in [1.29, 1.82) is 0 Å². The first kappa shape index (κ1) is 9.65. The van der Waals surface area contributed by atoms with Crippen molar-refractivity contribution in [3.05, 3.63) is 36.0 Å². The molecule has 13 heavy (non-hydrogen) atoms. The second kappa shape index (κ2) is 3.99. The van der Waals surface area contributed by atoms with Crippen LogP contribution in [0.4, 0.5) is 0 Å². The molecule has 0 aromatic carbocycles. The van der Waals surface area contributed by atoms with Gasteiger partial charge in [0.05, 0.1) is 0 Å². The van der Waals surface area contributed by atoms with Crippen molar-refractivity contribution in [3.8, 4) is 0 Å². The number of hydrogen-bond acceptors (Lipinski definition) is 2. The maximum absolute atomic E-state index is 11.3. The topological polar surface area (TPSA) is 34.1 Å². The van der Waals surface area contributed by atoms with Gasteiger partial charge in [0.1, 0.15) is 0 Å². The summed E-state index contributed by atoms with van der Waals surface area (Å²) in [4.78, 5) is 22.5. The first-order valence-corrected chi connectivity index (χ1v) is 4.25. The molecule has 0 spiro atoms. The van der Waals surface area contributed by atoms with Crippen LogP contribution in [-0.4, -0.2) is 11.6 Å². The predicted octanol–water partition coefficient (Wildman–Crippen LogP) is 1.98. The maximum Gasteiger partial charge on any atom is 0.164 e. The zero-order valence-corrected chi connectivity index (χ0v) is 7.67. The van der Waals surface area contributed by atoms with Crippen molar-refractivity contribution in [3.63, 3.8) is 0 Å². The Morgan fingerprint density at radius 3 is 2.46 bits per heavy atom. The molecular formula is C11H12O2. The Kier molecular flexibility index (Phi) is 2.96. The van der Waals surface area contributed by atoms with E-state index in [1.807, 2.05) is 13.0 Å². The van der Waals surface area contributed by atoms with Crippen LogP contribution in [0.2, 0.25) is 0 Å². The largest absolute Gasteiger partial charge is 0.294 e. The van der Waals surface area contributed by atoms with Crippen molar-refractivity contribution >= 4 is 11.6 Å². The Bertz CT molecular complexity index is 319. The van der Waals surface area contributed by atoms with Gasteiger partial charge in [0.15, 0.2) is 11.6 Å². The molecule has 0 aromatic heterocycles. The van der Waals surface area contributed by atoms with E-state index in [4.69, 9.17) is 0 Å². The van der Waals surface area contributed by atoms with Crippen molar-refractivity contribution in [2.45, 2.75) is 19.8 Å². The summed E-state index contributed by atoms with van der Waals surface area (Å²) in [5.41, 5.74) is 0.823. The number of Topliss-reactive ketones (excluding diaryl/α,β-unsaturated/α-hetero) is 2. The van der Waals surface area contributed by atoms with Crippen molar-refractivity contribution < 1.29 is 9.59 Å².